The molecule has 1 N–H and O–H groups in total. The number of ether oxygens (including phenoxy) is 1. The van der Waals surface area contributed by atoms with Gasteiger partial charge in [-0.25, -0.2) is 4.98 Å². The van der Waals surface area contributed by atoms with Gasteiger partial charge in [-0.05, 0) is 42.0 Å². The molecule has 150 valence electrons. The Labute approximate surface area is 164 Å². The van der Waals surface area contributed by atoms with E-state index in [4.69, 9.17) is 14.8 Å². The number of rotatable bonds is 8. The second kappa shape index (κ2) is 8.01. The van der Waals surface area contributed by atoms with E-state index in [9.17, 15) is 5.11 Å². The van der Waals surface area contributed by atoms with Crippen molar-refractivity contribution in [3.05, 3.63) is 24.0 Å². The van der Waals surface area contributed by atoms with Crippen LogP contribution in [-0.4, -0.2) is 40.5 Å². The molecule has 2 aromatic rings. The zero-order valence-electron chi connectivity index (χ0n) is 17.6. The monoisotopic (exact) mass is 389 g/mol. The lowest BCUT2D eigenvalue weighted by Crippen LogP contribution is -2.52. The fourth-order valence-corrected chi connectivity index (χ4v) is 11.3. The minimum Gasteiger partial charge on any atom is -0.386 e. The number of hydrogen-bond acceptors (Lipinski definition) is 4. The summed E-state index contributed by atoms with van der Waals surface area (Å²) < 4.78 is 8.04. The Morgan fingerprint density at radius 2 is 1.74 bits per heavy atom. The first-order valence-electron chi connectivity index (χ1n) is 10.4. The Kier molecular flexibility index (Phi) is 6.08. The van der Waals surface area contributed by atoms with Gasteiger partial charge in [0.05, 0.1) is 18.9 Å². The van der Waals surface area contributed by atoms with Crippen LogP contribution in [0.15, 0.2) is 18.5 Å². The van der Waals surface area contributed by atoms with Gasteiger partial charge < -0.3 is 9.84 Å². The summed E-state index contributed by atoms with van der Waals surface area (Å²) in [5, 5.41) is 16.3. The number of aliphatic hydroxyl groups excluding tert-OH is 1. The lowest BCUT2D eigenvalue weighted by atomic mass is 9.96. The Morgan fingerprint density at radius 3 is 2.26 bits per heavy atom. The Bertz CT molecular complexity index is 746. The number of hydrogen-bond donors (Lipinski definition) is 1. The van der Waals surface area contributed by atoms with Gasteiger partial charge in [-0.15, -0.1) is 0 Å². The fourth-order valence-electron chi connectivity index (χ4n) is 5.00. The summed E-state index contributed by atoms with van der Waals surface area (Å²) in [5.74, 6) is 0. The van der Waals surface area contributed by atoms with Gasteiger partial charge in [0.25, 0.3) is 0 Å². The van der Waals surface area contributed by atoms with Gasteiger partial charge in [-0.2, -0.15) is 5.10 Å². The van der Waals surface area contributed by atoms with E-state index < -0.39 is 14.3 Å². The van der Waals surface area contributed by atoms with Crippen LogP contribution in [0.25, 0.3) is 11.0 Å². The van der Waals surface area contributed by atoms with E-state index in [1.807, 2.05) is 12.3 Å². The molecule has 6 heteroatoms. The van der Waals surface area contributed by atoms with Crippen molar-refractivity contribution in [1.29, 1.82) is 0 Å². The molecule has 3 rings (SSSR count). The lowest BCUT2D eigenvalue weighted by molar-refractivity contribution is -0.0427. The average Bonchev–Trinajstić information content (AvgIpc) is 2.96. The van der Waals surface area contributed by atoms with Gasteiger partial charge in [0.2, 0.25) is 0 Å². The Morgan fingerprint density at radius 1 is 1.11 bits per heavy atom. The molecular weight excluding hydrogens is 354 g/mol. The normalized spacial score (nSPS) is 17.3. The Balaban J connectivity index is 1.92. The maximum atomic E-state index is 10.5. The predicted molar refractivity (Wildman–Crippen MR) is 113 cm³/mol. The van der Waals surface area contributed by atoms with Crippen molar-refractivity contribution >= 4 is 19.3 Å². The third-order valence-electron chi connectivity index (χ3n) is 6.50. The van der Waals surface area contributed by atoms with Gasteiger partial charge >= 0.3 is 0 Å². The number of fused-ring (bicyclic) bond motifs is 1. The van der Waals surface area contributed by atoms with E-state index >= 15 is 0 Å². The largest absolute Gasteiger partial charge is 0.386 e. The van der Waals surface area contributed by atoms with Crippen LogP contribution in [0.2, 0.25) is 16.6 Å². The molecular formula is C21H35N3O2Si. The van der Waals surface area contributed by atoms with Crippen molar-refractivity contribution in [1.82, 2.24) is 14.4 Å². The minimum atomic E-state index is -1.93. The number of pyridine rings is 1. The van der Waals surface area contributed by atoms with E-state index in [2.05, 4.69) is 45.9 Å². The van der Waals surface area contributed by atoms with Crippen LogP contribution in [0.4, 0.5) is 0 Å². The van der Waals surface area contributed by atoms with E-state index in [1.165, 1.54) is 6.42 Å². The summed E-state index contributed by atoms with van der Waals surface area (Å²) in [6, 6.07) is 2.03. The smallest absolute Gasteiger partial charge is 0.195 e. The van der Waals surface area contributed by atoms with Crippen LogP contribution >= 0.6 is 0 Å². The zero-order chi connectivity index (χ0) is 19.8. The molecule has 0 bridgehead atoms. The van der Waals surface area contributed by atoms with E-state index in [-0.39, 0.29) is 0 Å². The van der Waals surface area contributed by atoms with Crippen LogP contribution in [0.5, 0.6) is 0 Å². The quantitative estimate of drug-likeness (QED) is 0.641. The van der Waals surface area contributed by atoms with Crippen LogP contribution < -0.4 is 0 Å². The number of aromatic nitrogens is 3. The lowest BCUT2D eigenvalue weighted by Gasteiger charge is -2.42. The third kappa shape index (κ3) is 3.59. The third-order valence-corrected chi connectivity index (χ3v) is 13.1. The average molecular weight is 390 g/mol. The maximum absolute atomic E-state index is 10.5. The first-order valence-corrected chi connectivity index (χ1v) is 12.6. The van der Waals surface area contributed by atoms with Crippen molar-refractivity contribution in [2.75, 3.05) is 6.61 Å². The molecule has 0 radical (unpaired) electrons. The van der Waals surface area contributed by atoms with Gasteiger partial charge in [0.15, 0.2) is 8.24 Å². The molecule has 2 aromatic heterocycles. The van der Waals surface area contributed by atoms with Crippen molar-refractivity contribution in [3.63, 3.8) is 0 Å². The van der Waals surface area contributed by atoms with E-state index in [0.717, 1.165) is 29.4 Å². The molecule has 0 amide bonds. The number of nitrogens with zero attached hydrogens (tertiary/aromatic N) is 3. The molecule has 27 heavy (non-hydrogen) atoms. The van der Waals surface area contributed by atoms with Crippen molar-refractivity contribution in [3.8, 4) is 0 Å². The first kappa shape index (κ1) is 20.5. The van der Waals surface area contributed by atoms with Crippen molar-refractivity contribution < 1.29 is 9.84 Å². The van der Waals surface area contributed by atoms with Gasteiger partial charge in [-0.1, -0.05) is 41.5 Å². The first-order chi connectivity index (χ1) is 12.8. The summed E-state index contributed by atoms with van der Waals surface area (Å²) in [5.41, 5.74) is 3.44. The highest BCUT2D eigenvalue weighted by Crippen LogP contribution is 2.43. The van der Waals surface area contributed by atoms with Crippen LogP contribution in [-0.2, 0) is 4.74 Å². The van der Waals surface area contributed by atoms with Crippen LogP contribution in [0, 0.1) is 0 Å². The van der Waals surface area contributed by atoms with Crippen LogP contribution in [0.1, 0.15) is 72.5 Å². The fraction of sp³-hybridized carbons (Fsp3) is 0.714. The molecule has 1 unspecified atom stereocenters. The molecule has 1 saturated carbocycles. The topological polar surface area (TPSA) is 60.2 Å². The highest BCUT2D eigenvalue weighted by Gasteiger charge is 2.47. The second-order valence-electron chi connectivity index (χ2n) is 8.99. The molecule has 1 fully saturated rings. The molecule has 0 aromatic carbocycles. The van der Waals surface area contributed by atoms with Gasteiger partial charge in [0, 0.05) is 17.1 Å². The minimum absolute atomic E-state index is 0.328. The summed E-state index contributed by atoms with van der Waals surface area (Å²) in [6.45, 7) is 14.3. The highest BCUT2D eigenvalue weighted by atomic mass is 28.3. The second-order valence-corrected chi connectivity index (χ2v) is 14.7. The maximum Gasteiger partial charge on any atom is 0.195 e. The SMILES string of the molecule is CC(C)[Si](C(C)C)(C(C)C)n1ncc2cc(C(O)COC3CCC3)cnc21. The van der Waals surface area contributed by atoms with Crippen LogP contribution in [0.3, 0.4) is 0 Å². The molecule has 0 saturated heterocycles. The van der Waals surface area contributed by atoms with E-state index in [0.29, 0.717) is 29.3 Å². The summed E-state index contributed by atoms with van der Waals surface area (Å²) in [4.78, 5) is 4.76. The standard InChI is InChI=1S/C21H35N3O2Si/c1-14(2)27(15(3)4,16(5)6)24-21-18(12-23-24)10-17(11-22-21)20(25)13-26-19-8-7-9-19/h10-12,14-16,19-20,25H,7-9,13H2,1-6H3. The number of aliphatic hydroxyl groups is 1. The predicted octanol–water partition coefficient (Wildman–Crippen LogP) is 5.06. The summed E-state index contributed by atoms with van der Waals surface area (Å²) >= 11 is 0. The molecule has 1 aliphatic rings. The van der Waals surface area contributed by atoms with Gasteiger partial charge in [0.1, 0.15) is 11.8 Å². The van der Waals surface area contributed by atoms with E-state index in [1.54, 1.807) is 6.20 Å². The molecule has 5 nitrogen and oxygen atoms in total. The molecule has 0 aliphatic heterocycles. The van der Waals surface area contributed by atoms with Crippen molar-refractivity contribution in [2.45, 2.75) is 89.6 Å². The van der Waals surface area contributed by atoms with Crippen molar-refractivity contribution in [2.24, 2.45) is 0 Å². The molecule has 0 spiro atoms. The molecule has 1 atom stereocenters. The Hall–Kier alpha value is -1.24. The summed E-state index contributed by atoms with van der Waals surface area (Å²) in [7, 11) is -1.93. The molecule has 1 aliphatic carbocycles. The summed E-state index contributed by atoms with van der Waals surface area (Å²) in [6.07, 6.45) is 6.88. The highest BCUT2D eigenvalue weighted by molar-refractivity contribution is 6.82. The zero-order valence-corrected chi connectivity index (χ0v) is 18.6. The molecule has 2 heterocycles. The van der Waals surface area contributed by atoms with Gasteiger partial charge in [-0.3, -0.25) is 4.35 Å².